The molecular weight excluding hydrogens is 448 g/mol. The van der Waals surface area contributed by atoms with E-state index in [9.17, 15) is 14.4 Å². The lowest BCUT2D eigenvalue weighted by atomic mass is 9.98. The number of benzene rings is 2. The minimum Gasteiger partial charge on any atom is -0.481 e. The van der Waals surface area contributed by atoms with Gasteiger partial charge in [-0.25, -0.2) is 4.79 Å². The van der Waals surface area contributed by atoms with Crippen molar-refractivity contribution in [3.05, 3.63) is 59.7 Å². The van der Waals surface area contributed by atoms with E-state index in [1.807, 2.05) is 31.2 Å². The van der Waals surface area contributed by atoms with Gasteiger partial charge in [0.1, 0.15) is 12.7 Å². The molecule has 1 aliphatic heterocycles. The maximum atomic E-state index is 12.7. The lowest BCUT2D eigenvalue weighted by Gasteiger charge is -2.22. The van der Waals surface area contributed by atoms with Crippen LogP contribution < -0.4 is 10.6 Å². The third kappa shape index (κ3) is 5.82. The summed E-state index contributed by atoms with van der Waals surface area (Å²) in [4.78, 5) is 36.1. The van der Waals surface area contributed by atoms with Crippen LogP contribution in [-0.4, -0.2) is 55.0 Å². The molecule has 1 fully saturated rings. The third-order valence-electron chi connectivity index (χ3n) is 6.87. The van der Waals surface area contributed by atoms with Crippen LogP contribution in [0, 0.1) is 5.92 Å². The molecule has 1 aliphatic carbocycles. The number of alkyl carbamates (subject to hydrolysis) is 1. The highest BCUT2D eigenvalue weighted by Gasteiger charge is 2.35. The standard InChI is InChI=1S/C27H32N2O6/c1-2-18(11-12-24(30)31)29-26(32)25-17(13-14-34-25)15-28-27(33)35-16-23-21-9-5-3-7-19(21)20-8-4-6-10-22(20)23/h3-10,17-18,23,25H,2,11-16H2,1H3,(H,28,33)(H,29,32)(H,30,31)/t17-,18?,25-/m0/s1. The van der Waals surface area contributed by atoms with Crippen LogP contribution in [0.1, 0.15) is 49.7 Å². The van der Waals surface area contributed by atoms with Crippen LogP contribution in [-0.2, 0) is 19.1 Å². The van der Waals surface area contributed by atoms with Crippen LogP contribution >= 0.6 is 0 Å². The minimum atomic E-state index is -0.889. The molecule has 2 aromatic rings. The Bertz CT molecular complexity index is 1030. The van der Waals surface area contributed by atoms with Gasteiger partial charge in [0.25, 0.3) is 0 Å². The predicted octanol–water partition coefficient (Wildman–Crippen LogP) is 3.69. The summed E-state index contributed by atoms with van der Waals surface area (Å²) in [6, 6.07) is 16.1. The van der Waals surface area contributed by atoms with Crippen LogP contribution in [0.15, 0.2) is 48.5 Å². The van der Waals surface area contributed by atoms with Crippen molar-refractivity contribution in [3.8, 4) is 11.1 Å². The number of amides is 2. The zero-order valence-electron chi connectivity index (χ0n) is 19.9. The van der Waals surface area contributed by atoms with Crippen molar-refractivity contribution in [1.82, 2.24) is 10.6 Å². The zero-order valence-corrected chi connectivity index (χ0v) is 19.9. The summed E-state index contributed by atoms with van der Waals surface area (Å²) in [6.07, 6.45) is 0.445. The number of hydrogen-bond acceptors (Lipinski definition) is 5. The Morgan fingerprint density at radius 1 is 1.09 bits per heavy atom. The van der Waals surface area contributed by atoms with E-state index in [2.05, 4.69) is 34.9 Å². The second-order valence-corrected chi connectivity index (χ2v) is 9.09. The van der Waals surface area contributed by atoms with Crippen molar-refractivity contribution in [2.24, 2.45) is 5.92 Å². The highest BCUT2D eigenvalue weighted by Crippen LogP contribution is 2.44. The highest BCUT2D eigenvalue weighted by atomic mass is 16.5. The van der Waals surface area contributed by atoms with Gasteiger partial charge in [0.2, 0.25) is 5.91 Å². The summed E-state index contributed by atoms with van der Waals surface area (Å²) in [5.74, 6) is -1.34. The van der Waals surface area contributed by atoms with Gasteiger partial charge in [-0.1, -0.05) is 55.5 Å². The lowest BCUT2D eigenvalue weighted by Crippen LogP contribution is -2.45. The van der Waals surface area contributed by atoms with Gasteiger partial charge >= 0.3 is 12.1 Å². The fraction of sp³-hybridized carbons (Fsp3) is 0.444. The van der Waals surface area contributed by atoms with Crippen molar-refractivity contribution < 1.29 is 29.0 Å². The summed E-state index contributed by atoms with van der Waals surface area (Å²) in [5, 5.41) is 14.6. The fourth-order valence-electron chi connectivity index (χ4n) is 4.96. The summed E-state index contributed by atoms with van der Waals surface area (Å²) < 4.78 is 11.2. The predicted molar refractivity (Wildman–Crippen MR) is 130 cm³/mol. The number of nitrogens with one attached hydrogen (secondary N) is 2. The first-order chi connectivity index (χ1) is 17.0. The minimum absolute atomic E-state index is 0.00290. The SMILES string of the molecule is CCC(CCC(=O)O)NC(=O)[C@H]1OCC[C@H]1CNC(=O)OCC1c2ccccc2-c2ccccc21. The maximum absolute atomic E-state index is 12.7. The Kier molecular flexibility index (Phi) is 8.02. The number of ether oxygens (including phenoxy) is 2. The summed E-state index contributed by atoms with van der Waals surface area (Å²) >= 11 is 0. The molecule has 3 N–H and O–H groups in total. The Balaban J connectivity index is 1.28. The van der Waals surface area contributed by atoms with E-state index >= 15 is 0 Å². The summed E-state index contributed by atoms with van der Waals surface area (Å²) in [5.41, 5.74) is 4.64. The molecule has 1 unspecified atom stereocenters. The van der Waals surface area contributed by atoms with Crippen molar-refractivity contribution in [2.75, 3.05) is 19.8 Å². The molecule has 8 heteroatoms. The molecule has 4 rings (SSSR count). The lowest BCUT2D eigenvalue weighted by molar-refractivity contribution is -0.138. The van der Waals surface area contributed by atoms with E-state index in [0.717, 1.165) is 11.1 Å². The number of rotatable bonds is 10. The largest absolute Gasteiger partial charge is 0.481 e. The fourth-order valence-corrected chi connectivity index (χ4v) is 4.96. The zero-order chi connectivity index (χ0) is 24.8. The molecule has 35 heavy (non-hydrogen) atoms. The van der Waals surface area contributed by atoms with Gasteiger partial charge in [-0.3, -0.25) is 9.59 Å². The van der Waals surface area contributed by atoms with Crippen molar-refractivity contribution in [3.63, 3.8) is 0 Å². The Morgan fingerprint density at radius 3 is 2.37 bits per heavy atom. The average molecular weight is 481 g/mol. The van der Waals surface area contributed by atoms with E-state index in [-0.39, 0.29) is 43.4 Å². The average Bonchev–Trinajstić information content (AvgIpc) is 3.46. The Morgan fingerprint density at radius 2 is 1.74 bits per heavy atom. The first kappa shape index (κ1) is 24.7. The second kappa shape index (κ2) is 11.4. The van der Waals surface area contributed by atoms with Crippen molar-refractivity contribution >= 4 is 18.0 Å². The molecular formula is C27H32N2O6. The first-order valence-electron chi connectivity index (χ1n) is 12.2. The molecule has 1 heterocycles. The van der Waals surface area contributed by atoms with E-state index in [1.165, 1.54) is 11.1 Å². The van der Waals surface area contributed by atoms with Gasteiger partial charge in [0.15, 0.2) is 0 Å². The van der Waals surface area contributed by atoms with Gasteiger partial charge in [0, 0.05) is 37.5 Å². The van der Waals surface area contributed by atoms with Gasteiger partial charge < -0.3 is 25.2 Å². The van der Waals surface area contributed by atoms with Crippen molar-refractivity contribution in [2.45, 2.75) is 50.7 Å². The summed E-state index contributed by atoms with van der Waals surface area (Å²) in [7, 11) is 0. The molecule has 0 radical (unpaired) electrons. The number of carboxylic acids is 1. The van der Waals surface area contributed by atoms with E-state index in [0.29, 0.717) is 25.9 Å². The van der Waals surface area contributed by atoms with Crippen LogP contribution in [0.25, 0.3) is 11.1 Å². The van der Waals surface area contributed by atoms with E-state index < -0.39 is 18.2 Å². The molecule has 8 nitrogen and oxygen atoms in total. The van der Waals surface area contributed by atoms with Gasteiger partial charge in [-0.05, 0) is 41.5 Å². The molecule has 0 bridgehead atoms. The van der Waals surface area contributed by atoms with Crippen LogP contribution in [0.2, 0.25) is 0 Å². The molecule has 2 aliphatic rings. The van der Waals surface area contributed by atoms with Crippen LogP contribution in [0.3, 0.4) is 0 Å². The molecule has 1 saturated heterocycles. The molecule has 2 amide bonds. The molecule has 0 aromatic heterocycles. The number of carbonyl (C=O) groups is 3. The first-order valence-corrected chi connectivity index (χ1v) is 12.2. The van der Waals surface area contributed by atoms with E-state index in [4.69, 9.17) is 14.6 Å². The van der Waals surface area contributed by atoms with Crippen molar-refractivity contribution in [1.29, 1.82) is 0 Å². The monoisotopic (exact) mass is 480 g/mol. The normalized spacial score (nSPS) is 19.5. The number of aliphatic carboxylic acids is 1. The number of hydrogen-bond donors (Lipinski definition) is 3. The highest BCUT2D eigenvalue weighted by molar-refractivity contribution is 5.82. The smallest absolute Gasteiger partial charge is 0.407 e. The molecule has 0 saturated carbocycles. The Hall–Kier alpha value is -3.39. The number of carbonyl (C=O) groups excluding carboxylic acids is 2. The molecule has 0 spiro atoms. The van der Waals surface area contributed by atoms with Crippen LogP contribution in [0.5, 0.6) is 0 Å². The number of fused-ring (bicyclic) bond motifs is 3. The molecule has 2 aromatic carbocycles. The van der Waals surface area contributed by atoms with Gasteiger partial charge in [0.05, 0.1) is 0 Å². The topological polar surface area (TPSA) is 114 Å². The van der Waals surface area contributed by atoms with Gasteiger partial charge in [-0.2, -0.15) is 0 Å². The Labute approximate surface area is 205 Å². The maximum Gasteiger partial charge on any atom is 0.407 e. The second-order valence-electron chi connectivity index (χ2n) is 9.09. The van der Waals surface area contributed by atoms with Crippen LogP contribution in [0.4, 0.5) is 4.79 Å². The third-order valence-corrected chi connectivity index (χ3v) is 6.87. The van der Waals surface area contributed by atoms with Gasteiger partial charge in [-0.15, -0.1) is 0 Å². The molecule has 186 valence electrons. The molecule has 3 atom stereocenters. The quantitative estimate of drug-likeness (QED) is 0.478. The van der Waals surface area contributed by atoms with E-state index in [1.54, 1.807) is 0 Å². The number of carboxylic acid groups (broad SMARTS) is 1. The summed E-state index contributed by atoms with van der Waals surface area (Å²) in [6.45, 7) is 2.83.